The fourth-order valence-electron chi connectivity index (χ4n) is 1.78. The van der Waals surface area contributed by atoms with Crippen LogP contribution in [0.1, 0.15) is 25.1 Å². The molecule has 0 amide bonds. The number of hydrogen-bond donors (Lipinski definition) is 1. The van der Waals surface area contributed by atoms with Gasteiger partial charge in [0.25, 0.3) is 0 Å². The lowest BCUT2D eigenvalue weighted by atomic mass is 10.1. The molecule has 0 unspecified atom stereocenters. The second kappa shape index (κ2) is 7.03. The van der Waals surface area contributed by atoms with Crippen LogP contribution in [-0.2, 0) is 6.54 Å². The molecule has 18 heavy (non-hydrogen) atoms. The van der Waals surface area contributed by atoms with E-state index in [1.807, 2.05) is 20.2 Å². The van der Waals surface area contributed by atoms with E-state index in [0.717, 1.165) is 24.5 Å². The van der Waals surface area contributed by atoms with Crippen molar-refractivity contribution in [2.45, 2.75) is 27.3 Å². The lowest BCUT2D eigenvalue weighted by Crippen LogP contribution is -2.23. The topological polar surface area (TPSA) is 28.2 Å². The quantitative estimate of drug-likeness (QED) is 0.779. The normalized spacial score (nSPS) is 10.4. The molecule has 0 saturated carbocycles. The minimum atomic E-state index is 0.612. The highest BCUT2D eigenvalue weighted by molar-refractivity contribution is 5.53. The van der Waals surface area contributed by atoms with Gasteiger partial charge in [0.15, 0.2) is 0 Å². The molecule has 98 valence electrons. The third-order valence-electron chi connectivity index (χ3n) is 2.71. The SMILES string of the molecule is C#CCN(C)c1cc(C)ncc1CNCC(C)C. The van der Waals surface area contributed by atoms with Crippen molar-refractivity contribution in [3.63, 3.8) is 0 Å². The third kappa shape index (κ3) is 4.38. The first-order chi connectivity index (χ1) is 8.54. The van der Waals surface area contributed by atoms with Gasteiger partial charge in [-0.25, -0.2) is 0 Å². The van der Waals surface area contributed by atoms with Gasteiger partial charge in [-0.2, -0.15) is 0 Å². The van der Waals surface area contributed by atoms with Crippen molar-refractivity contribution in [2.24, 2.45) is 5.92 Å². The number of hydrogen-bond acceptors (Lipinski definition) is 3. The molecular weight excluding hydrogens is 222 g/mol. The van der Waals surface area contributed by atoms with Crippen LogP contribution in [0.25, 0.3) is 0 Å². The molecule has 0 aliphatic rings. The van der Waals surface area contributed by atoms with Gasteiger partial charge in [0.1, 0.15) is 0 Å². The van der Waals surface area contributed by atoms with Crippen molar-refractivity contribution in [3.05, 3.63) is 23.5 Å². The Kier molecular flexibility index (Phi) is 5.67. The fraction of sp³-hybridized carbons (Fsp3) is 0.533. The maximum absolute atomic E-state index is 5.37. The maximum atomic E-state index is 5.37. The van der Waals surface area contributed by atoms with Crippen LogP contribution < -0.4 is 10.2 Å². The summed E-state index contributed by atoms with van der Waals surface area (Å²) < 4.78 is 0. The average Bonchev–Trinajstić information content (AvgIpc) is 2.31. The number of rotatable bonds is 6. The third-order valence-corrected chi connectivity index (χ3v) is 2.71. The molecular formula is C15H23N3. The number of terminal acetylenes is 1. The lowest BCUT2D eigenvalue weighted by molar-refractivity contribution is 0.551. The van der Waals surface area contributed by atoms with Crippen LogP contribution in [0.2, 0.25) is 0 Å². The second-order valence-corrected chi connectivity index (χ2v) is 5.04. The molecule has 1 rings (SSSR count). The average molecular weight is 245 g/mol. The predicted molar refractivity (Wildman–Crippen MR) is 77.6 cm³/mol. The summed E-state index contributed by atoms with van der Waals surface area (Å²) in [7, 11) is 2.01. The van der Waals surface area contributed by atoms with Gasteiger partial charge in [-0.1, -0.05) is 19.8 Å². The van der Waals surface area contributed by atoms with E-state index < -0.39 is 0 Å². The summed E-state index contributed by atoms with van der Waals surface area (Å²) in [4.78, 5) is 6.45. The lowest BCUT2D eigenvalue weighted by Gasteiger charge is -2.21. The van der Waals surface area contributed by atoms with Gasteiger partial charge in [0.05, 0.1) is 6.54 Å². The standard InChI is InChI=1S/C15H23N3/c1-6-7-18(5)15-8-13(4)17-11-14(15)10-16-9-12(2)3/h1,8,11-12,16H,7,9-10H2,2-5H3. The largest absolute Gasteiger partial charge is 0.363 e. The molecule has 0 fully saturated rings. The second-order valence-electron chi connectivity index (χ2n) is 5.04. The highest BCUT2D eigenvalue weighted by atomic mass is 15.1. The molecule has 1 heterocycles. The Bertz CT molecular complexity index is 418. The van der Waals surface area contributed by atoms with E-state index in [1.54, 1.807) is 0 Å². The van der Waals surface area contributed by atoms with E-state index in [1.165, 1.54) is 5.56 Å². The van der Waals surface area contributed by atoms with Crippen molar-refractivity contribution in [1.29, 1.82) is 0 Å². The molecule has 0 atom stereocenters. The number of nitrogens with zero attached hydrogens (tertiary/aromatic N) is 2. The highest BCUT2D eigenvalue weighted by Crippen LogP contribution is 2.19. The molecule has 0 aliphatic heterocycles. The van der Waals surface area contributed by atoms with Crippen LogP contribution in [0.3, 0.4) is 0 Å². The van der Waals surface area contributed by atoms with Crippen molar-refractivity contribution >= 4 is 5.69 Å². The van der Waals surface area contributed by atoms with Gasteiger partial charge < -0.3 is 10.2 Å². The molecule has 0 radical (unpaired) electrons. The minimum Gasteiger partial charge on any atom is -0.363 e. The van der Waals surface area contributed by atoms with Crippen molar-refractivity contribution in [2.75, 3.05) is 25.0 Å². The smallest absolute Gasteiger partial charge is 0.0788 e. The Morgan fingerprint density at radius 1 is 1.50 bits per heavy atom. The zero-order chi connectivity index (χ0) is 13.5. The molecule has 3 nitrogen and oxygen atoms in total. The Labute approximate surface area is 111 Å². The van der Waals surface area contributed by atoms with E-state index in [9.17, 15) is 0 Å². The molecule has 0 saturated heterocycles. The number of pyridine rings is 1. The van der Waals surface area contributed by atoms with Gasteiger partial charge >= 0.3 is 0 Å². The molecule has 0 aliphatic carbocycles. The van der Waals surface area contributed by atoms with Crippen molar-refractivity contribution in [3.8, 4) is 12.3 Å². The summed E-state index contributed by atoms with van der Waals surface area (Å²) in [5.41, 5.74) is 3.37. The van der Waals surface area contributed by atoms with Crippen LogP contribution in [0, 0.1) is 25.2 Å². The van der Waals surface area contributed by atoms with Crippen molar-refractivity contribution < 1.29 is 0 Å². The Hall–Kier alpha value is -1.53. The molecule has 0 spiro atoms. The monoisotopic (exact) mass is 245 g/mol. The molecule has 3 heteroatoms. The van der Waals surface area contributed by atoms with Gasteiger partial charge in [0, 0.05) is 36.7 Å². The highest BCUT2D eigenvalue weighted by Gasteiger charge is 2.08. The zero-order valence-electron chi connectivity index (χ0n) is 11.8. The minimum absolute atomic E-state index is 0.612. The summed E-state index contributed by atoms with van der Waals surface area (Å²) in [6, 6.07) is 2.09. The summed E-state index contributed by atoms with van der Waals surface area (Å²) in [5, 5.41) is 3.44. The summed E-state index contributed by atoms with van der Waals surface area (Å²) >= 11 is 0. The first kappa shape index (κ1) is 14.5. The number of anilines is 1. The Balaban J connectivity index is 2.80. The fourth-order valence-corrected chi connectivity index (χ4v) is 1.78. The summed E-state index contributed by atoms with van der Waals surface area (Å²) in [6.07, 6.45) is 7.31. The van der Waals surface area contributed by atoms with E-state index in [4.69, 9.17) is 6.42 Å². The Morgan fingerprint density at radius 2 is 2.22 bits per heavy atom. The molecule has 1 N–H and O–H groups in total. The van der Waals surface area contributed by atoms with E-state index in [0.29, 0.717) is 12.5 Å². The van der Waals surface area contributed by atoms with Crippen LogP contribution >= 0.6 is 0 Å². The van der Waals surface area contributed by atoms with Gasteiger partial charge in [-0.05, 0) is 25.5 Å². The van der Waals surface area contributed by atoms with Gasteiger partial charge in [0.2, 0.25) is 0 Å². The van der Waals surface area contributed by atoms with E-state index in [-0.39, 0.29) is 0 Å². The molecule has 0 aromatic carbocycles. The zero-order valence-corrected chi connectivity index (χ0v) is 11.8. The summed E-state index contributed by atoms with van der Waals surface area (Å²) in [6.45, 7) is 8.85. The van der Waals surface area contributed by atoms with Crippen LogP contribution in [-0.4, -0.2) is 25.1 Å². The van der Waals surface area contributed by atoms with E-state index in [2.05, 4.69) is 41.0 Å². The number of aromatic nitrogens is 1. The van der Waals surface area contributed by atoms with Crippen LogP contribution in [0.5, 0.6) is 0 Å². The van der Waals surface area contributed by atoms with Crippen LogP contribution in [0.15, 0.2) is 12.3 Å². The molecule has 0 bridgehead atoms. The van der Waals surface area contributed by atoms with Crippen molar-refractivity contribution in [1.82, 2.24) is 10.3 Å². The van der Waals surface area contributed by atoms with Gasteiger partial charge in [-0.15, -0.1) is 6.42 Å². The summed E-state index contributed by atoms with van der Waals surface area (Å²) in [5.74, 6) is 3.32. The number of aryl methyl sites for hydroxylation is 1. The number of nitrogens with one attached hydrogen (secondary N) is 1. The maximum Gasteiger partial charge on any atom is 0.0788 e. The molecule has 1 aromatic rings. The first-order valence-electron chi connectivity index (χ1n) is 6.35. The van der Waals surface area contributed by atoms with Gasteiger partial charge in [-0.3, -0.25) is 4.98 Å². The Morgan fingerprint density at radius 3 is 2.83 bits per heavy atom. The van der Waals surface area contributed by atoms with Crippen LogP contribution in [0.4, 0.5) is 5.69 Å². The first-order valence-corrected chi connectivity index (χ1v) is 6.35. The predicted octanol–water partition coefficient (Wildman–Crippen LogP) is 2.21. The molecule has 1 aromatic heterocycles. The van der Waals surface area contributed by atoms with E-state index >= 15 is 0 Å².